The highest BCUT2D eigenvalue weighted by Crippen LogP contribution is 2.20. The highest BCUT2D eigenvalue weighted by atomic mass is 16.5. The average molecular weight is 201 g/mol. The van der Waals surface area contributed by atoms with Crippen molar-refractivity contribution >= 4 is 0 Å². The quantitative estimate of drug-likeness (QED) is 0.701. The summed E-state index contributed by atoms with van der Waals surface area (Å²) in [6, 6.07) is 0.465. The molecular weight excluding hydrogens is 178 g/mol. The van der Waals surface area contributed by atoms with Crippen LogP contribution in [-0.4, -0.2) is 37.0 Å². The maximum Gasteiger partial charge on any atom is 0.0700 e. The van der Waals surface area contributed by atoms with E-state index < -0.39 is 0 Å². The Morgan fingerprint density at radius 3 is 2.71 bits per heavy atom. The van der Waals surface area contributed by atoms with Gasteiger partial charge in [-0.1, -0.05) is 13.8 Å². The zero-order chi connectivity index (χ0) is 10.6. The second kappa shape index (κ2) is 5.10. The van der Waals surface area contributed by atoms with Crippen molar-refractivity contribution in [2.75, 3.05) is 19.8 Å². The molecule has 3 nitrogen and oxygen atoms in total. The van der Waals surface area contributed by atoms with Gasteiger partial charge in [0.2, 0.25) is 0 Å². The Labute approximate surface area is 86.8 Å². The van der Waals surface area contributed by atoms with Crippen LogP contribution in [0.2, 0.25) is 0 Å². The average Bonchev–Trinajstić information content (AvgIpc) is 2.61. The van der Waals surface area contributed by atoms with Crippen molar-refractivity contribution in [2.45, 2.75) is 45.8 Å². The van der Waals surface area contributed by atoms with E-state index in [2.05, 4.69) is 26.1 Å². The third-order valence-corrected chi connectivity index (χ3v) is 3.40. The van der Waals surface area contributed by atoms with Gasteiger partial charge in [0.05, 0.1) is 6.10 Å². The van der Waals surface area contributed by atoms with Crippen molar-refractivity contribution in [2.24, 2.45) is 5.41 Å². The van der Waals surface area contributed by atoms with Crippen LogP contribution in [0, 0.1) is 5.41 Å². The lowest BCUT2D eigenvalue weighted by atomic mass is 9.88. The summed E-state index contributed by atoms with van der Waals surface area (Å²) in [4.78, 5) is 0. The molecule has 0 aromatic rings. The number of aliphatic hydroxyl groups excluding tert-OH is 1. The highest BCUT2D eigenvalue weighted by molar-refractivity contribution is 4.83. The van der Waals surface area contributed by atoms with Gasteiger partial charge in [-0.05, 0) is 19.8 Å². The number of rotatable bonds is 5. The first kappa shape index (κ1) is 12.0. The summed E-state index contributed by atoms with van der Waals surface area (Å²) in [7, 11) is 0. The normalized spacial score (nSPS) is 31.7. The highest BCUT2D eigenvalue weighted by Gasteiger charge is 2.27. The second-order valence-corrected chi connectivity index (χ2v) is 4.67. The van der Waals surface area contributed by atoms with E-state index in [1.807, 2.05) is 0 Å². The molecule has 1 rings (SSSR count). The first-order valence-corrected chi connectivity index (χ1v) is 5.57. The zero-order valence-corrected chi connectivity index (χ0v) is 9.55. The van der Waals surface area contributed by atoms with Crippen molar-refractivity contribution in [3.63, 3.8) is 0 Å². The van der Waals surface area contributed by atoms with Crippen molar-refractivity contribution in [3.8, 4) is 0 Å². The molecule has 84 valence electrons. The van der Waals surface area contributed by atoms with Crippen molar-refractivity contribution < 1.29 is 9.84 Å². The lowest BCUT2D eigenvalue weighted by Crippen LogP contribution is -2.42. The van der Waals surface area contributed by atoms with Gasteiger partial charge in [0.25, 0.3) is 0 Å². The number of hydrogen-bond donors (Lipinski definition) is 2. The molecule has 2 N–H and O–H groups in total. The van der Waals surface area contributed by atoms with Gasteiger partial charge in [-0.15, -0.1) is 0 Å². The standard InChI is InChI=1S/C11H23NO2/c1-4-11(3,8-13)7-12-10-5-6-14-9(10)2/h9-10,12-13H,4-8H2,1-3H3. The Hall–Kier alpha value is -0.120. The smallest absolute Gasteiger partial charge is 0.0700 e. The van der Waals surface area contributed by atoms with Gasteiger partial charge in [-0.2, -0.15) is 0 Å². The molecule has 0 aliphatic carbocycles. The Morgan fingerprint density at radius 1 is 1.57 bits per heavy atom. The van der Waals surface area contributed by atoms with Crippen LogP contribution in [0.3, 0.4) is 0 Å². The van der Waals surface area contributed by atoms with Gasteiger partial charge in [-0.25, -0.2) is 0 Å². The zero-order valence-electron chi connectivity index (χ0n) is 9.55. The van der Waals surface area contributed by atoms with E-state index in [1.165, 1.54) is 0 Å². The molecule has 3 heteroatoms. The van der Waals surface area contributed by atoms with E-state index in [1.54, 1.807) is 0 Å². The minimum Gasteiger partial charge on any atom is -0.396 e. The van der Waals surface area contributed by atoms with Crippen LogP contribution in [0.1, 0.15) is 33.6 Å². The topological polar surface area (TPSA) is 41.5 Å². The van der Waals surface area contributed by atoms with Gasteiger partial charge < -0.3 is 15.2 Å². The number of nitrogens with one attached hydrogen (secondary N) is 1. The molecule has 14 heavy (non-hydrogen) atoms. The van der Waals surface area contributed by atoms with Crippen LogP contribution < -0.4 is 5.32 Å². The molecule has 1 fully saturated rings. The summed E-state index contributed by atoms with van der Waals surface area (Å²) in [6.45, 7) is 8.32. The van der Waals surface area contributed by atoms with Gasteiger partial charge in [0.15, 0.2) is 0 Å². The van der Waals surface area contributed by atoms with Crippen LogP contribution in [0.5, 0.6) is 0 Å². The molecule has 3 atom stereocenters. The molecule has 1 saturated heterocycles. The van der Waals surface area contributed by atoms with E-state index in [0.717, 1.165) is 26.0 Å². The predicted molar refractivity (Wildman–Crippen MR) is 57.3 cm³/mol. The van der Waals surface area contributed by atoms with E-state index >= 15 is 0 Å². The molecule has 0 aromatic carbocycles. The van der Waals surface area contributed by atoms with Crippen molar-refractivity contribution in [3.05, 3.63) is 0 Å². The fourth-order valence-corrected chi connectivity index (χ4v) is 1.67. The van der Waals surface area contributed by atoms with E-state index in [9.17, 15) is 5.11 Å². The number of hydrogen-bond acceptors (Lipinski definition) is 3. The van der Waals surface area contributed by atoms with Crippen LogP contribution in [0.25, 0.3) is 0 Å². The van der Waals surface area contributed by atoms with Gasteiger partial charge in [-0.3, -0.25) is 0 Å². The fraction of sp³-hybridized carbons (Fsp3) is 1.00. The summed E-state index contributed by atoms with van der Waals surface area (Å²) in [5, 5.41) is 12.7. The molecule has 1 heterocycles. The van der Waals surface area contributed by atoms with Gasteiger partial charge >= 0.3 is 0 Å². The molecular formula is C11H23NO2. The largest absolute Gasteiger partial charge is 0.396 e. The fourth-order valence-electron chi connectivity index (χ4n) is 1.67. The maximum absolute atomic E-state index is 9.25. The van der Waals surface area contributed by atoms with Gasteiger partial charge in [0.1, 0.15) is 0 Å². The van der Waals surface area contributed by atoms with Crippen LogP contribution in [0.4, 0.5) is 0 Å². The molecule has 0 aromatic heterocycles. The second-order valence-electron chi connectivity index (χ2n) is 4.67. The monoisotopic (exact) mass is 201 g/mol. The molecule has 1 aliphatic heterocycles. The Kier molecular flexibility index (Phi) is 4.35. The third-order valence-electron chi connectivity index (χ3n) is 3.40. The van der Waals surface area contributed by atoms with Gasteiger partial charge in [0, 0.05) is 31.2 Å². The summed E-state index contributed by atoms with van der Waals surface area (Å²) in [5.74, 6) is 0. The summed E-state index contributed by atoms with van der Waals surface area (Å²) in [6.07, 6.45) is 2.40. The summed E-state index contributed by atoms with van der Waals surface area (Å²) in [5.41, 5.74) is 0.0162. The molecule has 0 radical (unpaired) electrons. The SMILES string of the molecule is CCC(C)(CO)CNC1CCOC1C. The lowest BCUT2D eigenvalue weighted by Gasteiger charge is -2.28. The van der Waals surface area contributed by atoms with Crippen molar-refractivity contribution in [1.82, 2.24) is 5.32 Å². The molecule has 3 unspecified atom stereocenters. The van der Waals surface area contributed by atoms with Crippen LogP contribution >= 0.6 is 0 Å². The molecule has 0 bridgehead atoms. The van der Waals surface area contributed by atoms with E-state index in [-0.39, 0.29) is 12.0 Å². The number of aliphatic hydroxyl groups is 1. The molecule has 0 saturated carbocycles. The lowest BCUT2D eigenvalue weighted by molar-refractivity contribution is 0.100. The molecule has 0 amide bonds. The van der Waals surface area contributed by atoms with E-state index in [4.69, 9.17) is 4.74 Å². The Bertz CT molecular complexity index is 169. The third kappa shape index (κ3) is 2.94. The Balaban J connectivity index is 2.31. The Morgan fingerprint density at radius 2 is 2.29 bits per heavy atom. The summed E-state index contributed by atoms with van der Waals surface area (Å²) >= 11 is 0. The predicted octanol–water partition coefficient (Wildman–Crippen LogP) is 1.16. The first-order chi connectivity index (χ1) is 6.61. The molecule has 1 aliphatic rings. The van der Waals surface area contributed by atoms with Crippen LogP contribution in [-0.2, 0) is 4.74 Å². The maximum atomic E-state index is 9.25. The van der Waals surface area contributed by atoms with Crippen LogP contribution in [0.15, 0.2) is 0 Å². The first-order valence-electron chi connectivity index (χ1n) is 5.57. The van der Waals surface area contributed by atoms with E-state index in [0.29, 0.717) is 12.1 Å². The minimum atomic E-state index is 0.0162. The number of ether oxygens (including phenoxy) is 1. The van der Waals surface area contributed by atoms with Crippen molar-refractivity contribution in [1.29, 1.82) is 0 Å². The molecule has 0 spiro atoms. The summed E-state index contributed by atoms with van der Waals surface area (Å²) < 4.78 is 5.47. The minimum absolute atomic E-state index is 0.0162.